The first-order valence-electron chi connectivity index (χ1n) is 7.53. The molecule has 1 amide bonds. The topological polar surface area (TPSA) is 113 Å². The molecule has 7 heteroatoms. The van der Waals surface area contributed by atoms with E-state index in [0.29, 0.717) is 17.7 Å². The first-order valence-corrected chi connectivity index (χ1v) is 7.53. The molecule has 128 valence electrons. The molecule has 0 saturated heterocycles. The van der Waals surface area contributed by atoms with Crippen LogP contribution in [0.2, 0.25) is 0 Å². The predicted octanol–water partition coefficient (Wildman–Crippen LogP) is 3.85. The van der Waals surface area contributed by atoms with E-state index in [1.165, 1.54) is 30.3 Å². The maximum Gasteiger partial charge on any atom is 0.269 e. The SMILES string of the molecule is CC.CCc1cc([N+](=O)[O-])ccc1NC(=O)c1cc(O)ccc1O. The van der Waals surface area contributed by atoms with Crippen molar-refractivity contribution in [1.82, 2.24) is 0 Å². The van der Waals surface area contributed by atoms with Crippen molar-refractivity contribution in [2.45, 2.75) is 27.2 Å². The lowest BCUT2D eigenvalue weighted by Gasteiger charge is -2.11. The Bertz CT molecular complexity index is 744. The lowest BCUT2D eigenvalue weighted by Crippen LogP contribution is -2.13. The third kappa shape index (κ3) is 4.45. The van der Waals surface area contributed by atoms with Crippen LogP contribution < -0.4 is 5.32 Å². The minimum absolute atomic E-state index is 0.0601. The second-order valence-electron chi connectivity index (χ2n) is 4.61. The fraction of sp³-hybridized carbons (Fsp3) is 0.235. The summed E-state index contributed by atoms with van der Waals surface area (Å²) in [5.74, 6) is -1.03. The molecule has 0 atom stereocenters. The number of phenols is 2. The number of carbonyl (C=O) groups is 1. The molecule has 2 aromatic carbocycles. The Morgan fingerprint density at radius 2 is 1.83 bits per heavy atom. The van der Waals surface area contributed by atoms with Gasteiger partial charge in [-0.1, -0.05) is 20.8 Å². The summed E-state index contributed by atoms with van der Waals surface area (Å²) in [5.41, 5.74) is 0.874. The summed E-state index contributed by atoms with van der Waals surface area (Å²) in [6.07, 6.45) is 0.489. The highest BCUT2D eigenvalue weighted by atomic mass is 16.6. The van der Waals surface area contributed by atoms with Crippen LogP contribution in [0.25, 0.3) is 0 Å². The number of amides is 1. The van der Waals surface area contributed by atoms with Gasteiger partial charge in [0.25, 0.3) is 11.6 Å². The van der Waals surface area contributed by atoms with Crippen molar-refractivity contribution >= 4 is 17.3 Å². The van der Waals surface area contributed by atoms with Crippen LogP contribution in [-0.2, 0) is 6.42 Å². The predicted molar refractivity (Wildman–Crippen MR) is 91.5 cm³/mol. The van der Waals surface area contributed by atoms with Crippen LogP contribution in [0.5, 0.6) is 11.5 Å². The normalized spacial score (nSPS) is 9.62. The van der Waals surface area contributed by atoms with Crippen LogP contribution >= 0.6 is 0 Å². The quantitative estimate of drug-likeness (QED) is 0.447. The molecule has 0 fully saturated rings. The smallest absolute Gasteiger partial charge is 0.269 e. The minimum atomic E-state index is -0.614. The third-order valence-electron chi connectivity index (χ3n) is 3.15. The zero-order chi connectivity index (χ0) is 18.3. The Balaban J connectivity index is 0.00000139. The minimum Gasteiger partial charge on any atom is -0.508 e. The van der Waals surface area contributed by atoms with Crippen LogP contribution in [0, 0.1) is 10.1 Å². The number of nitro groups is 1. The highest BCUT2D eigenvalue weighted by Crippen LogP contribution is 2.26. The van der Waals surface area contributed by atoms with Gasteiger partial charge in [0.2, 0.25) is 0 Å². The second-order valence-corrected chi connectivity index (χ2v) is 4.61. The summed E-state index contributed by atoms with van der Waals surface area (Å²) in [7, 11) is 0. The number of nitrogens with zero attached hydrogens (tertiary/aromatic N) is 1. The number of carbonyl (C=O) groups excluding carboxylic acids is 1. The van der Waals surface area contributed by atoms with E-state index < -0.39 is 10.8 Å². The average molecular weight is 332 g/mol. The van der Waals surface area contributed by atoms with E-state index in [2.05, 4.69) is 5.32 Å². The van der Waals surface area contributed by atoms with E-state index in [1.54, 1.807) is 6.92 Å². The van der Waals surface area contributed by atoms with Gasteiger partial charge in [0.05, 0.1) is 10.5 Å². The maximum atomic E-state index is 12.2. The second kappa shape index (κ2) is 8.52. The summed E-state index contributed by atoms with van der Waals surface area (Å²) >= 11 is 0. The lowest BCUT2D eigenvalue weighted by molar-refractivity contribution is -0.384. The molecule has 0 aromatic heterocycles. The van der Waals surface area contributed by atoms with Crippen LogP contribution in [0.4, 0.5) is 11.4 Å². The van der Waals surface area contributed by atoms with Gasteiger partial charge in [-0.15, -0.1) is 0 Å². The van der Waals surface area contributed by atoms with E-state index in [0.717, 1.165) is 6.07 Å². The molecule has 0 radical (unpaired) electrons. The van der Waals surface area contributed by atoms with E-state index in [9.17, 15) is 25.1 Å². The number of phenolic OH excluding ortho intramolecular Hbond substituents is 2. The maximum absolute atomic E-state index is 12.2. The molecule has 0 aliphatic heterocycles. The molecular weight excluding hydrogens is 312 g/mol. The van der Waals surface area contributed by atoms with Crippen molar-refractivity contribution in [2.75, 3.05) is 5.32 Å². The van der Waals surface area contributed by atoms with Gasteiger partial charge in [0, 0.05) is 17.8 Å². The van der Waals surface area contributed by atoms with Crippen LogP contribution in [-0.4, -0.2) is 21.0 Å². The molecule has 0 bridgehead atoms. The van der Waals surface area contributed by atoms with Crippen molar-refractivity contribution in [3.8, 4) is 11.5 Å². The highest BCUT2D eigenvalue weighted by Gasteiger charge is 2.15. The van der Waals surface area contributed by atoms with Crippen molar-refractivity contribution in [2.24, 2.45) is 0 Å². The Morgan fingerprint density at radius 1 is 1.17 bits per heavy atom. The van der Waals surface area contributed by atoms with Crippen LogP contribution in [0.15, 0.2) is 36.4 Å². The number of non-ortho nitro benzene ring substituents is 1. The first-order chi connectivity index (χ1) is 11.4. The summed E-state index contributed by atoms with van der Waals surface area (Å²) in [6.45, 7) is 5.81. The molecule has 2 aromatic rings. The summed E-state index contributed by atoms with van der Waals surface area (Å²) in [5, 5.41) is 32.4. The third-order valence-corrected chi connectivity index (χ3v) is 3.15. The molecule has 2 rings (SSSR count). The number of benzene rings is 2. The highest BCUT2D eigenvalue weighted by molar-refractivity contribution is 6.06. The molecule has 3 N–H and O–H groups in total. The van der Waals surface area contributed by atoms with E-state index >= 15 is 0 Å². The van der Waals surface area contributed by atoms with Crippen molar-refractivity contribution in [3.05, 3.63) is 57.6 Å². The van der Waals surface area contributed by atoms with Gasteiger partial charge in [0.15, 0.2) is 0 Å². The number of aryl methyl sites for hydroxylation is 1. The van der Waals surface area contributed by atoms with Gasteiger partial charge in [-0.25, -0.2) is 0 Å². The molecular formula is C17H20N2O5. The molecule has 0 heterocycles. The number of nitrogens with one attached hydrogen (secondary N) is 1. The van der Waals surface area contributed by atoms with Crippen LogP contribution in [0.1, 0.15) is 36.7 Å². The number of aromatic hydroxyl groups is 2. The monoisotopic (exact) mass is 332 g/mol. The Hall–Kier alpha value is -3.09. The van der Waals surface area contributed by atoms with Gasteiger partial charge in [-0.3, -0.25) is 14.9 Å². The van der Waals surface area contributed by atoms with Gasteiger partial charge >= 0.3 is 0 Å². The van der Waals surface area contributed by atoms with Crippen molar-refractivity contribution in [1.29, 1.82) is 0 Å². The Morgan fingerprint density at radius 3 is 2.42 bits per heavy atom. The lowest BCUT2D eigenvalue weighted by atomic mass is 10.1. The van der Waals surface area contributed by atoms with E-state index in [1.807, 2.05) is 13.8 Å². The molecule has 0 aliphatic carbocycles. The van der Waals surface area contributed by atoms with E-state index in [4.69, 9.17) is 0 Å². The van der Waals surface area contributed by atoms with Gasteiger partial charge < -0.3 is 15.5 Å². The molecule has 0 saturated carbocycles. The first kappa shape index (κ1) is 19.0. The fourth-order valence-corrected chi connectivity index (χ4v) is 2.00. The van der Waals surface area contributed by atoms with Crippen LogP contribution in [0.3, 0.4) is 0 Å². The zero-order valence-electron chi connectivity index (χ0n) is 13.7. The Kier molecular flexibility index (Phi) is 6.73. The van der Waals surface area contributed by atoms with Gasteiger partial charge in [0.1, 0.15) is 11.5 Å². The van der Waals surface area contributed by atoms with Gasteiger partial charge in [-0.2, -0.15) is 0 Å². The molecule has 24 heavy (non-hydrogen) atoms. The number of hydrogen-bond acceptors (Lipinski definition) is 5. The molecule has 0 unspecified atom stereocenters. The van der Waals surface area contributed by atoms with Crippen molar-refractivity contribution in [3.63, 3.8) is 0 Å². The summed E-state index contributed by atoms with van der Waals surface area (Å²) < 4.78 is 0. The standard InChI is InChI=1S/C15H14N2O5.C2H6/c1-2-9-7-10(17(21)22)3-5-13(9)16-15(20)12-8-11(18)4-6-14(12)19;1-2/h3-8,18-19H,2H2,1H3,(H,16,20);1-2H3. The number of nitro benzene ring substituents is 1. The zero-order valence-corrected chi connectivity index (χ0v) is 13.7. The number of anilines is 1. The van der Waals surface area contributed by atoms with Crippen molar-refractivity contribution < 1.29 is 19.9 Å². The molecule has 0 spiro atoms. The number of rotatable bonds is 4. The average Bonchev–Trinajstić information content (AvgIpc) is 2.58. The molecule has 7 nitrogen and oxygen atoms in total. The van der Waals surface area contributed by atoms with E-state index in [-0.39, 0.29) is 22.7 Å². The summed E-state index contributed by atoms with van der Waals surface area (Å²) in [6, 6.07) is 7.72. The Labute approximate surface area is 139 Å². The molecule has 0 aliphatic rings. The fourth-order valence-electron chi connectivity index (χ4n) is 2.00. The summed E-state index contributed by atoms with van der Waals surface area (Å²) in [4.78, 5) is 22.4. The van der Waals surface area contributed by atoms with Gasteiger partial charge in [-0.05, 0) is 36.2 Å². The number of hydrogen-bond donors (Lipinski definition) is 3. The largest absolute Gasteiger partial charge is 0.508 e.